The molecule has 30 heavy (non-hydrogen) atoms. The van der Waals surface area contributed by atoms with Gasteiger partial charge in [-0.15, -0.1) is 0 Å². The van der Waals surface area contributed by atoms with Crippen LogP contribution in [0.25, 0.3) is 0 Å². The number of fused-ring (bicyclic) bond motifs is 1. The average Bonchev–Trinajstić information content (AvgIpc) is 3.37. The van der Waals surface area contributed by atoms with Crippen molar-refractivity contribution in [1.29, 1.82) is 0 Å². The number of benzene rings is 2. The molecular formula is C21H22ClN3O4S. The molecule has 2 aromatic rings. The zero-order valence-electron chi connectivity index (χ0n) is 16.5. The van der Waals surface area contributed by atoms with Gasteiger partial charge in [0.25, 0.3) is 0 Å². The first-order valence-electron chi connectivity index (χ1n) is 9.77. The number of halogens is 1. The van der Waals surface area contributed by atoms with Crippen LogP contribution in [0.1, 0.15) is 25.3 Å². The summed E-state index contributed by atoms with van der Waals surface area (Å²) in [6.45, 7) is 2.42. The molecule has 2 amide bonds. The molecule has 2 aromatic carbocycles. The van der Waals surface area contributed by atoms with Crippen molar-refractivity contribution in [2.24, 2.45) is 0 Å². The van der Waals surface area contributed by atoms with Crippen molar-refractivity contribution >= 4 is 44.8 Å². The second-order valence-electron chi connectivity index (χ2n) is 7.48. The van der Waals surface area contributed by atoms with E-state index in [0.29, 0.717) is 35.1 Å². The SMILES string of the molecule is CC(=O)N1c2ccc(S(=O)(=O)N3CCCC3)cc2C[C@H]1C(=O)Nc1ccccc1Cl. The van der Waals surface area contributed by atoms with Crippen LogP contribution >= 0.6 is 11.6 Å². The van der Waals surface area contributed by atoms with Crippen LogP contribution in [0.2, 0.25) is 5.02 Å². The lowest BCUT2D eigenvalue weighted by Crippen LogP contribution is -2.44. The van der Waals surface area contributed by atoms with E-state index in [9.17, 15) is 18.0 Å². The minimum atomic E-state index is -3.58. The van der Waals surface area contributed by atoms with E-state index < -0.39 is 16.1 Å². The fraction of sp³-hybridized carbons (Fsp3) is 0.333. The lowest BCUT2D eigenvalue weighted by molar-refractivity contribution is -0.122. The number of nitrogens with one attached hydrogen (secondary N) is 1. The predicted octanol–water partition coefficient (Wildman–Crippen LogP) is 3.04. The largest absolute Gasteiger partial charge is 0.323 e. The number of hydrogen-bond donors (Lipinski definition) is 1. The first-order valence-corrected chi connectivity index (χ1v) is 11.6. The van der Waals surface area contributed by atoms with Crippen LogP contribution in [0.15, 0.2) is 47.4 Å². The maximum absolute atomic E-state index is 13.0. The summed E-state index contributed by atoms with van der Waals surface area (Å²) < 4.78 is 27.3. The second-order valence-corrected chi connectivity index (χ2v) is 9.82. The Balaban J connectivity index is 1.63. The van der Waals surface area contributed by atoms with Gasteiger partial charge in [0.1, 0.15) is 6.04 Å². The molecular weight excluding hydrogens is 426 g/mol. The summed E-state index contributed by atoms with van der Waals surface area (Å²) in [6, 6.07) is 10.8. The molecule has 0 unspecified atom stereocenters. The van der Waals surface area contributed by atoms with Gasteiger partial charge >= 0.3 is 0 Å². The maximum Gasteiger partial charge on any atom is 0.247 e. The molecule has 4 rings (SSSR count). The van der Waals surface area contributed by atoms with Crippen LogP contribution in [0, 0.1) is 0 Å². The summed E-state index contributed by atoms with van der Waals surface area (Å²) >= 11 is 6.13. The number of sulfonamides is 1. The van der Waals surface area contributed by atoms with E-state index in [1.165, 1.54) is 22.2 Å². The van der Waals surface area contributed by atoms with Gasteiger partial charge in [-0.1, -0.05) is 23.7 Å². The fourth-order valence-corrected chi connectivity index (χ4v) is 5.79. The summed E-state index contributed by atoms with van der Waals surface area (Å²) in [4.78, 5) is 26.9. The number of para-hydroxylation sites is 1. The molecule has 9 heteroatoms. The van der Waals surface area contributed by atoms with Gasteiger partial charge in [0.2, 0.25) is 21.8 Å². The van der Waals surface area contributed by atoms with Crippen molar-refractivity contribution in [2.45, 2.75) is 37.1 Å². The van der Waals surface area contributed by atoms with Gasteiger partial charge < -0.3 is 5.32 Å². The van der Waals surface area contributed by atoms with Crippen LogP contribution < -0.4 is 10.2 Å². The highest BCUT2D eigenvalue weighted by Crippen LogP contribution is 2.36. The Hall–Kier alpha value is -2.42. The Morgan fingerprint density at radius 3 is 2.47 bits per heavy atom. The molecule has 0 bridgehead atoms. The molecule has 2 aliphatic heterocycles. The molecule has 7 nitrogen and oxygen atoms in total. The van der Waals surface area contributed by atoms with Crippen molar-refractivity contribution in [3.05, 3.63) is 53.1 Å². The third-order valence-electron chi connectivity index (χ3n) is 5.51. The van der Waals surface area contributed by atoms with E-state index in [2.05, 4.69) is 5.32 Å². The van der Waals surface area contributed by atoms with Crippen LogP contribution in [0.3, 0.4) is 0 Å². The van der Waals surface area contributed by atoms with E-state index in [0.717, 1.165) is 12.8 Å². The number of carbonyl (C=O) groups is 2. The number of amides is 2. The highest BCUT2D eigenvalue weighted by atomic mass is 35.5. The molecule has 1 saturated heterocycles. The zero-order valence-corrected chi connectivity index (χ0v) is 18.0. The second kappa shape index (κ2) is 8.02. The number of carbonyl (C=O) groups excluding carboxylic acids is 2. The minimum Gasteiger partial charge on any atom is -0.323 e. The number of rotatable bonds is 4. The first-order chi connectivity index (χ1) is 14.3. The third-order valence-corrected chi connectivity index (χ3v) is 7.74. The molecule has 158 valence electrons. The van der Waals surface area contributed by atoms with Crippen LogP contribution in [0.5, 0.6) is 0 Å². The smallest absolute Gasteiger partial charge is 0.247 e. The van der Waals surface area contributed by atoms with Gasteiger partial charge in [-0.25, -0.2) is 8.42 Å². The Kier molecular flexibility index (Phi) is 5.57. The molecule has 2 aliphatic rings. The third kappa shape index (κ3) is 3.71. The average molecular weight is 448 g/mol. The number of nitrogens with zero attached hydrogens (tertiary/aromatic N) is 2. The molecule has 0 spiro atoms. The highest BCUT2D eigenvalue weighted by molar-refractivity contribution is 7.89. The van der Waals surface area contributed by atoms with E-state index in [4.69, 9.17) is 11.6 Å². The molecule has 1 atom stereocenters. The molecule has 1 fully saturated rings. The van der Waals surface area contributed by atoms with E-state index >= 15 is 0 Å². The van der Waals surface area contributed by atoms with Gasteiger partial charge in [-0.05, 0) is 48.7 Å². The summed E-state index contributed by atoms with van der Waals surface area (Å²) in [5.74, 6) is -0.665. The lowest BCUT2D eigenvalue weighted by Gasteiger charge is -2.23. The fourth-order valence-electron chi connectivity index (χ4n) is 4.04. The van der Waals surface area contributed by atoms with Gasteiger partial charge in [0.15, 0.2) is 0 Å². The lowest BCUT2D eigenvalue weighted by atomic mass is 10.1. The van der Waals surface area contributed by atoms with Gasteiger partial charge in [0, 0.05) is 32.1 Å². The Labute approximate surface area is 180 Å². The van der Waals surface area contributed by atoms with E-state index in [1.807, 2.05) is 0 Å². The van der Waals surface area contributed by atoms with Gasteiger partial charge in [0.05, 0.1) is 15.6 Å². The zero-order chi connectivity index (χ0) is 21.5. The van der Waals surface area contributed by atoms with Crippen LogP contribution in [-0.4, -0.2) is 43.7 Å². The van der Waals surface area contributed by atoms with E-state index in [1.54, 1.807) is 36.4 Å². The Bertz CT molecular complexity index is 1110. The summed E-state index contributed by atoms with van der Waals surface area (Å²) in [7, 11) is -3.58. The van der Waals surface area contributed by atoms with Gasteiger partial charge in [-0.3, -0.25) is 14.5 Å². The minimum absolute atomic E-state index is 0.193. The molecule has 1 N–H and O–H groups in total. The quantitative estimate of drug-likeness (QED) is 0.780. The summed E-state index contributed by atoms with van der Waals surface area (Å²) in [5.41, 5.74) is 1.67. The van der Waals surface area contributed by atoms with E-state index in [-0.39, 0.29) is 23.1 Å². The standard InChI is InChI=1S/C21H22ClN3O4S/c1-14(26)25-19-9-8-16(30(28,29)24-10-4-5-11-24)12-15(19)13-20(25)21(27)23-18-7-3-2-6-17(18)22/h2-3,6-9,12,20H,4-5,10-11,13H2,1H3,(H,23,27)/t20-/m0/s1. The van der Waals surface area contributed by atoms with Crippen molar-refractivity contribution in [3.8, 4) is 0 Å². The maximum atomic E-state index is 13.0. The van der Waals surface area contributed by atoms with Crippen LogP contribution in [0.4, 0.5) is 11.4 Å². The molecule has 2 heterocycles. The van der Waals surface area contributed by atoms with Gasteiger partial charge in [-0.2, -0.15) is 4.31 Å². The normalized spacial score (nSPS) is 19.0. The van der Waals surface area contributed by atoms with Crippen molar-refractivity contribution in [1.82, 2.24) is 4.31 Å². The Morgan fingerprint density at radius 2 is 1.80 bits per heavy atom. The molecule has 0 saturated carbocycles. The highest BCUT2D eigenvalue weighted by Gasteiger charge is 2.38. The van der Waals surface area contributed by atoms with Crippen molar-refractivity contribution in [3.63, 3.8) is 0 Å². The van der Waals surface area contributed by atoms with Crippen molar-refractivity contribution in [2.75, 3.05) is 23.3 Å². The number of hydrogen-bond acceptors (Lipinski definition) is 4. The topological polar surface area (TPSA) is 86.8 Å². The summed E-state index contributed by atoms with van der Waals surface area (Å²) in [6.07, 6.45) is 1.94. The monoisotopic (exact) mass is 447 g/mol. The van der Waals surface area contributed by atoms with Crippen molar-refractivity contribution < 1.29 is 18.0 Å². The summed E-state index contributed by atoms with van der Waals surface area (Å²) in [5, 5.41) is 3.17. The van der Waals surface area contributed by atoms with Crippen LogP contribution in [-0.2, 0) is 26.0 Å². The molecule has 0 aromatic heterocycles. The predicted molar refractivity (Wildman–Crippen MR) is 115 cm³/mol. The molecule has 0 aliphatic carbocycles. The number of anilines is 2. The first kappa shape index (κ1) is 20.8. The Morgan fingerprint density at radius 1 is 1.10 bits per heavy atom. The molecule has 0 radical (unpaired) electrons.